The fourth-order valence-corrected chi connectivity index (χ4v) is 2.79. The third-order valence-electron chi connectivity index (χ3n) is 1.98. The molecule has 0 aliphatic carbocycles. The number of rotatable bonds is 4. The van der Waals surface area contributed by atoms with Crippen molar-refractivity contribution in [1.82, 2.24) is 4.98 Å². The second-order valence-corrected chi connectivity index (χ2v) is 7.16. The summed E-state index contributed by atoms with van der Waals surface area (Å²) in [4.78, 5) is 4.18. The van der Waals surface area contributed by atoms with Gasteiger partial charge in [0.1, 0.15) is 9.67 Å². The molecule has 0 fully saturated rings. The molecule has 0 unspecified atom stereocenters. The summed E-state index contributed by atoms with van der Waals surface area (Å²) in [5.41, 5.74) is 1.52. The quantitative estimate of drug-likeness (QED) is 0.875. The Balaban J connectivity index is 2.19. The van der Waals surface area contributed by atoms with Crippen LogP contribution in [-0.2, 0) is 10.0 Å². The fraction of sp³-hybridized carbons (Fsp3) is 0.100. The van der Waals surface area contributed by atoms with E-state index in [0.29, 0.717) is 5.69 Å². The number of hydrogen-bond acceptors (Lipinski definition) is 4. The molecular formula is C10H9BrN2O2S2. The van der Waals surface area contributed by atoms with Crippen LogP contribution in [0.25, 0.3) is 10.6 Å². The minimum Gasteiger partial charge on any atom is -0.283 e. The molecule has 2 rings (SSSR count). The maximum absolute atomic E-state index is 11.3. The monoisotopic (exact) mass is 332 g/mol. The van der Waals surface area contributed by atoms with Crippen LogP contribution in [0.3, 0.4) is 0 Å². The molecule has 0 aliphatic rings. The molecule has 0 saturated carbocycles. The van der Waals surface area contributed by atoms with Crippen molar-refractivity contribution in [1.29, 1.82) is 0 Å². The van der Waals surface area contributed by atoms with Gasteiger partial charge in [-0.3, -0.25) is 4.72 Å². The van der Waals surface area contributed by atoms with Crippen LogP contribution in [0.5, 0.6) is 0 Å². The minimum absolute atomic E-state index is 0.117. The lowest BCUT2D eigenvalue weighted by Gasteiger charge is -2.05. The number of aromatic nitrogens is 1. The van der Waals surface area contributed by atoms with Crippen LogP contribution in [0, 0.1) is 0 Å². The van der Waals surface area contributed by atoms with Gasteiger partial charge in [0, 0.05) is 22.8 Å². The van der Waals surface area contributed by atoms with Crippen LogP contribution in [-0.4, -0.2) is 18.1 Å². The highest BCUT2D eigenvalue weighted by Gasteiger charge is 2.07. The van der Waals surface area contributed by atoms with E-state index in [9.17, 15) is 8.42 Å². The third kappa shape index (κ3) is 3.27. The molecular weight excluding hydrogens is 324 g/mol. The van der Waals surface area contributed by atoms with Crippen molar-refractivity contribution in [2.75, 3.05) is 9.38 Å². The zero-order valence-corrected chi connectivity index (χ0v) is 11.8. The molecule has 0 bridgehead atoms. The van der Waals surface area contributed by atoms with E-state index in [1.807, 2.05) is 17.5 Å². The van der Waals surface area contributed by atoms with Crippen LogP contribution < -0.4 is 4.72 Å². The van der Waals surface area contributed by atoms with E-state index >= 15 is 0 Å². The smallest absolute Gasteiger partial charge is 0.242 e. The lowest BCUT2D eigenvalue weighted by molar-refractivity contribution is 0.606. The van der Waals surface area contributed by atoms with Crippen molar-refractivity contribution < 1.29 is 8.42 Å². The normalized spacial score (nSPS) is 11.4. The highest BCUT2D eigenvalue weighted by molar-refractivity contribution is 9.10. The number of nitrogens with one attached hydrogen (secondary N) is 1. The van der Waals surface area contributed by atoms with E-state index in [2.05, 4.69) is 25.6 Å². The van der Waals surface area contributed by atoms with Gasteiger partial charge in [0.05, 0.1) is 0 Å². The summed E-state index contributed by atoms with van der Waals surface area (Å²) in [6.45, 7) is 0. The average Bonchev–Trinajstić information content (AvgIpc) is 2.83. The molecule has 4 nitrogen and oxygen atoms in total. The third-order valence-corrected chi connectivity index (χ3v) is 5.45. The molecule has 1 aromatic heterocycles. The summed E-state index contributed by atoms with van der Waals surface area (Å²) >= 11 is 4.46. The second-order valence-electron chi connectivity index (χ2n) is 3.24. The molecule has 1 heterocycles. The van der Waals surface area contributed by atoms with Crippen LogP contribution in [0.15, 0.2) is 35.8 Å². The van der Waals surface area contributed by atoms with Gasteiger partial charge in [-0.15, -0.1) is 11.3 Å². The van der Waals surface area contributed by atoms with Crippen LogP contribution in [0.1, 0.15) is 0 Å². The molecule has 1 N–H and O–H groups in total. The van der Waals surface area contributed by atoms with Gasteiger partial charge in [-0.2, -0.15) is 0 Å². The lowest BCUT2D eigenvalue weighted by atomic mass is 10.2. The maximum Gasteiger partial charge on any atom is 0.242 e. The number of nitrogens with zero attached hydrogens (tertiary/aromatic N) is 1. The Labute approximate surface area is 112 Å². The Morgan fingerprint density at radius 3 is 2.53 bits per heavy atom. The predicted octanol–water partition coefficient (Wildman–Crippen LogP) is 2.90. The molecule has 0 saturated heterocycles. The topological polar surface area (TPSA) is 59.1 Å². The first kappa shape index (κ1) is 12.5. The molecule has 0 radical (unpaired) electrons. The molecule has 0 amide bonds. The molecule has 2 aromatic rings. The summed E-state index contributed by atoms with van der Waals surface area (Å²) in [5.74, 6) is 0. The van der Waals surface area contributed by atoms with E-state index in [0.717, 1.165) is 10.6 Å². The Hall–Kier alpha value is -0.920. The van der Waals surface area contributed by atoms with Gasteiger partial charge in [-0.1, -0.05) is 15.9 Å². The molecule has 0 aliphatic heterocycles. The van der Waals surface area contributed by atoms with Gasteiger partial charge in [0.15, 0.2) is 0 Å². The zero-order chi connectivity index (χ0) is 12.3. The predicted molar refractivity (Wildman–Crippen MR) is 73.9 cm³/mol. The summed E-state index contributed by atoms with van der Waals surface area (Å²) in [6.07, 6.45) is 1.74. The fourth-order valence-electron chi connectivity index (χ4n) is 1.25. The number of hydrogen-bond donors (Lipinski definition) is 1. The van der Waals surface area contributed by atoms with Crippen molar-refractivity contribution in [3.63, 3.8) is 0 Å². The number of anilines is 1. The molecule has 17 heavy (non-hydrogen) atoms. The number of halogens is 1. The maximum atomic E-state index is 11.3. The van der Waals surface area contributed by atoms with Crippen molar-refractivity contribution in [2.45, 2.75) is 0 Å². The minimum atomic E-state index is -3.29. The highest BCUT2D eigenvalue weighted by atomic mass is 79.9. The highest BCUT2D eigenvalue weighted by Crippen LogP contribution is 2.23. The van der Waals surface area contributed by atoms with Gasteiger partial charge in [0.2, 0.25) is 10.0 Å². The summed E-state index contributed by atoms with van der Waals surface area (Å²) in [6, 6.07) is 7.11. The van der Waals surface area contributed by atoms with Gasteiger partial charge in [0.25, 0.3) is 0 Å². The Morgan fingerprint density at radius 2 is 2.00 bits per heavy atom. The summed E-state index contributed by atoms with van der Waals surface area (Å²) < 4.78 is 25.0. The first-order valence-corrected chi connectivity index (χ1v) is 8.32. The standard InChI is InChI=1S/C10H9BrN2O2S2/c11-7-17(14,15)13-9-3-1-8(2-4-9)10-12-5-6-16-10/h1-6,13H,7H2. The SMILES string of the molecule is O=S(=O)(CBr)Nc1ccc(-c2nccs2)cc1. The van der Waals surface area contributed by atoms with Crippen molar-refractivity contribution >= 4 is 43.0 Å². The van der Waals surface area contributed by atoms with E-state index in [-0.39, 0.29) is 4.66 Å². The molecule has 1 aromatic carbocycles. The van der Waals surface area contributed by atoms with E-state index < -0.39 is 10.0 Å². The number of benzene rings is 1. The zero-order valence-electron chi connectivity index (χ0n) is 8.63. The van der Waals surface area contributed by atoms with Gasteiger partial charge < -0.3 is 0 Å². The summed E-state index contributed by atoms with van der Waals surface area (Å²) in [7, 11) is -3.29. The van der Waals surface area contributed by atoms with Crippen molar-refractivity contribution in [2.24, 2.45) is 0 Å². The number of alkyl halides is 1. The second kappa shape index (κ2) is 5.16. The van der Waals surface area contributed by atoms with Crippen LogP contribution in [0.4, 0.5) is 5.69 Å². The van der Waals surface area contributed by atoms with Gasteiger partial charge >= 0.3 is 0 Å². The van der Waals surface area contributed by atoms with E-state index in [1.54, 1.807) is 29.7 Å². The Bertz CT molecular complexity index is 579. The number of thiazole rings is 1. The van der Waals surface area contributed by atoms with E-state index in [1.165, 1.54) is 0 Å². The van der Waals surface area contributed by atoms with Crippen molar-refractivity contribution in [3.05, 3.63) is 35.8 Å². The lowest BCUT2D eigenvalue weighted by Crippen LogP contribution is -2.12. The van der Waals surface area contributed by atoms with Crippen molar-refractivity contribution in [3.8, 4) is 10.6 Å². The average molecular weight is 333 g/mol. The van der Waals surface area contributed by atoms with Crippen LogP contribution >= 0.6 is 27.3 Å². The largest absolute Gasteiger partial charge is 0.283 e. The first-order chi connectivity index (χ1) is 8.11. The molecule has 0 atom stereocenters. The molecule has 0 spiro atoms. The first-order valence-electron chi connectivity index (χ1n) is 4.67. The summed E-state index contributed by atoms with van der Waals surface area (Å²) in [5, 5.41) is 2.82. The number of sulfonamides is 1. The molecule has 90 valence electrons. The van der Waals surface area contributed by atoms with Gasteiger partial charge in [-0.05, 0) is 24.3 Å². The molecule has 7 heteroatoms. The van der Waals surface area contributed by atoms with E-state index in [4.69, 9.17) is 0 Å². The van der Waals surface area contributed by atoms with Crippen LogP contribution in [0.2, 0.25) is 0 Å². The van der Waals surface area contributed by atoms with Gasteiger partial charge in [-0.25, -0.2) is 13.4 Å². The Morgan fingerprint density at radius 1 is 1.29 bits per heavy atom. The Kier molecular flexibility index (Phi) is 3.80.